The largest absolute Gasteiger partial charge is 0.355 e. The van der Waals surface area contributed by atoms with E-state index in [1.807, 2.05) is 6.92 Å². The topological polar surface area (TPSA) is 127 Å². The summed E-state index contributed by atoms with van der Waals surface area (Å²) in [6.45, 7) is 1.84. The molecule has 28 heavy (non-hydrogen) atoms. The van der Waals surface area contributed by atoms with Gasteiger partial charge in [0.2, 0.25) is 26.0 Å². The molecule has 3 N–H and O–H groups in total. The molecule has 0 aliphatic rings. The number of aryl methyl sites for hydroxylation is 1. The normalized spacial score (nSPS) is 12.1. The quantitative estimate of drug-likeness (QED) is 0.641. The first-order valence-corrected chi connectivity index (χ1v) is 11.4. The Morgan fingerprint density at radius 1 is 0.964 bits per heavy atom. The van der Waals surface area contributed by atoms with Gasteiger partial charge in [0, 0.05) is 13.6 Å². The summed E-state index contributed by atoms with van der Waals surface area (Å²) in [7, 11) is -6.13. The molecule has 152 valence electrons. The summed E-state index contributed by atoms with van der Waals surface area (Å²) >= 11 is 0. The summed E-state index contributed by atoms with van der Waals surface area (Å²) in [4.78, 5) is 12.2. The van der Waals surface area contributed by atoms with Crippen LogP contribution in [-0.2, 0) is 31.3 Å². The minimum absolute atomic E-state index is 0.0169. The maximum atomic E-state index is 12.5. The van der Waals surface area contributed by atoms with Crippen molar-refractivity contribution in [1.82, 2.24) is 9.62 Å². The summed E-state index contributed by atoms with van der Waals surface area (Å²) in [5.41, 5.74) is 1.75. The number of nitrogens with two attached hydrogens (primary N) is 1. The predicted molar refractivity (Wildman–Crippen MR) is 106 cm³/mol. The van der Waals surface area contributed by atoms with E-state index in [1.165, 1.54) is 31.3 Å². The summed E-state index contributed by atoms with van der Waals surface area (Å²) in [6, 6.07) is 12.4. The molecule has 8 nitrogen and oxygen atoms in total. The Labute approximate surface area is 165 Å². The van der Waals surface area contributed by atoms with Crippen molar-refractivity contribution in [3.63, 3.8) is 0 Å². The molecule has 0 spiro atoms. The third-order valence-electron chi connectivity index (χ3n) is 4.08. The number of nitrogens with one attached hydrogen (secondary N) is 1. The van der Waals surface area contributed by atoms with Gasteiger partial charge in [0.25, 0.3) is 0 Å². The molecular formula is C18H23N3O5S2. The van der Waals surface area contributed by atoms with Crippen LogP contribution in [0.1, 0.15) is 11.1 Å². The van der Waals surface area contributed by atoms with E-state index >= 15 is 0 Å². The molecule has 10 heteroatoms. The standard InChI is InChI=1S/C18H23N3O5S2/c1-14-3-7-17(8-4-14)28(25,26)21(2)13-18(22)20-12-11-15-5-9-16(10-6-15)27(19,23)24/h3-10H,11-13H2,1-2H3,(H,20,22)(H2,19,23,24). The van der Waals surface area contributed by atoms with Gasteiger partial charge in [-0.15, -0.1) is 0 Å². The maximum absolute atomic E-state index is 12.5. The lowest BCUT2D eigenvalue weighted by molar-refractivity contribution is -0.121. The third kappa shape index (κ3) is 5.86. The Kier molecular flexibility index (Phi) is 6.94. The first kappa shape index (κ1) is 22.0. The molecule has 2 aromatic carbocycles. The van der Waals surface area contributed by atoms with E-state index in [4.69, 9.17) is 5.14 Å². The number of primary sulfonamides is 1. The van der Waals surface area contributed by atoms with Crippen LogP contribution >= 0.6 is 0 Å². The number of benzene rings is 2. The fourth-order valence-electron chi connectivity index (χ4n) is 2.43. The van der Waals surface area contributed by atoms with Crippen LogP contribution in [0.4, 0.5) is 0 Å². The van der Waals surface area contributed by atoms with Crippen molar-refractivity contribution in [2.75, 3.05) is 20.1 Å². The number of sulfonamides is 2. The first-order valence-electron chi connectivity index (χ1n) is 8.41. The SMILES string of the molecule is Cc1ccc(S(=O)(=O)N(C)CC(=O)NCCc2ccc(S(N)(=O)=O)cc2)cc1. The molecule has 1 amide bonds. The van der Waals surface area contributed by atoms with Gasteiger partial charge in [-0.3, -0.25) is 4.79 Å². The van der Waals surface area contributed by atoms with Gasteiger partial charge >= 0.3 is 0 Å². The second-order valence-electron chi connectivity index (χ2n) is 6.36. The number of carbonyl (C=O) groups excluding carboxylic acids is 1. The van der Waals surface area contributed by atoms with Crippen molar-refractivity contribution >= 4 is 26.0 Å². The van der Waals surface area contributed by atoms with Crippen molar-refractivity contribution in [1.29, 1.82) is 0 Å². The molecule has 0 saturated heterocycles. The van der Waals surface area contributed by atoms with E-state index in [9.17, 15) is 21.6 Å². The second kappa shape index (κ2) is 8.82. The summed E-state index contributed by atoms with van der Waals surface area (Å²) < 4.78 is 48.4. The van der Waals surface area contributed by atoms with Gasteiger partial charge in [-0.1, -0.05) is 29.8 Å². The van der Waals surface area contributed by atoms with Crippen LogP contribution in [0.5, 0.6) is 0 Å². The van der Waals surface area contributed by atoms with Gasteiger partial charge in [0.1, 0.15) is 0 Å². The average Bonchev–Trinajstić information content (AvgIpc) is 2.61. The van der Waals surface area contributed by atoms with E-state index in [-0.39, 0.29) is 22.9 Å². The molecule has 0 unspecified atom stereocenters. The monoisotopic (exact) mass is 425 g/mol. The molecule has 0 aromatic heterocycles. The Morgan fingerprint density at radius 2 is 1.50 bits per heavy atom. The molecule has 0 aliphatic carbocycles. The van der Waals surface area contributed by atoms with Gasteiger partial charge < -0.3 is 5.32 Å². The number of likely N-dealkylation sites (N-methyl/N-ethyl adjacent to an activating group) is 1. The Bertz CT molecular complexity index is 1030. The Balaban J connectivity index is 1.87. The van der Waals surface area contributed by atoms with Crippen LogP contribution in [0, 0.1) is 6.92 Å². The Morgan fingerprint density at radius 3 is 2.04 bits per heavy atom. The zero-order chi connectivity index (χ0) is 20.9. The van der Waals surface area contributed by atoms with Gasteiger partial charge in [-0.25, -0.2) is 22.0 Å². The summed E-state index contributed by atoms with van der Waals surface area (Å²) in [5.74, 6) is -0.431. The van der Waals surface area contributed by atoms with Crippen LogP contribution < -0.4 is 10.5 Å². The first-order chi connectivity index (χ1) is 13.0. The number of rotatable bonds is 8. The molecule has 0 heterocycles. The Hall–Kier alpha value is -2.27. The fraction of sp³-hybridized carbons (Fsp3) is 0.278. The van der Waals surface area contributed by atoms with Crippen LogP contribution in [0.15, 0.2) is 58.3 Å². The van der Waals surface area contributed by atoms with Crippen LogP contribution in [0.2, 0.25) is 0 Å². The third-order valence-corrected chi connectivity index (χ3v) is 6.83. The van der Waals surface area contributed by atoms with Crippen molar-refractivity contribution in [3.8, 4) is 0 Å². The number of nitrogens with zero attached hydrogens (tertiary/aromatic N) is 1. The number of hydrogen-bond acceptors (Lipinski definition) is 5. The number of carbonyl (C=O) groups is 1. The minimum Gasteiger partial charge on any atom is -0.355 e. The van der Waals surface area contributed by atoms with Crippen LogP contribution in [-0.4, -0.2) is 47.2 Å². The van der Waals surface area contributed by atoms with Crippen molar-refractivity contribution in [2.24, 2.45) is 5.14 Å². The molecule has 0 aliphatic heterocycles. The van der Waals surface area contributed by atoms with Gasteiger partial charge in [-0.05, 0) is 43.2 Å². The molecular weight excluding hydrogens is 402 g/mol. The van der Waals surface area contributed by atoms with E-state index in [0.29, 0.717) is 6.42 Å². The molecule has 0 radical (unpaired) electrons. The van der Waals surface area contributed by atoms with E-state index < -0.39 is 26.0 Å². The zero-order valence-corrected chi connectivity index (χ0v) is 17.3. The minimum atomic E-state index is -3.74. The molecule has 2 rings (SSSR count). The van der Waals surface area contributed by atoms with Crippen LogP contribution in [0.25, 0.3) is 0 Å². The van der Waals surface area contributed by atoms with E-state index in [2.05, 4.69) is 5.32 Å². The highest BCUT2D eigenvalue weighted by molar-refractivity contribution is 7.89. The van der Waals surface area contributed by atoms with E-state index in [0.717, 1.165) is 15.4 Å². The van der Waals surface area contributed by atoms with Crippen LogP contribution in [0.3, 0.4) is 0 Å². The van der Waals surface area contributed by atoms with Crippen molar-refractivity contribution in [3.05, 3.63) is 59.7 Å². The summed E-state index contributed by atoms with van der Waals surface area (Å²) in [5, 5.41) is 7.69. The smallest absolute Gasteiger partial charge is 0.243 e. The maximum Gasteiger partial charge on any atom is 0.243 e. The lowest BCUT2D eigenvalue weighted by Crippen LogP contribution is -2.39. The second-order valence-corrected chi connectivity index (χ2v) is 9.97. The predicted octanol–water partition coefficient (Wildman–Crippen LogP) is 0.622. The summed E-state index contributed by atoms with van der Waals surface area (Å²) in [6.07, 6.45) is 0.463. The number of amides is 1. The molecule has 0 saturated carbocycles. The van der Waals surface area contributed by atoms with Gasteiger partial charge in [-0.2, -0.15) is 4.31 Å². The highest BCUT2D eigenvalue weighted by atomic mass is 32.2. The van der Waals surface area contributed by atoms with Crippen molar-refractivity contribution in [2.45, 2.75) is 23.1 Å². The van der Waals surface area contributed by atoms with Crippen molar-refractivity contribution < 1.29 is 21.6 Å². The zero-order valence-electron chi connectivity index (χ0n) is 15.6. The molecule has 0 bridgehead atoms. The number of hydrogen-bond donors (Lipinski definition) is 2. The highest BCUT2D eigenvalue weighted by Gasteiger charge is 2.22. The molecule has 0 atom stereocenters. The molecule has 0 fully saturated rings. The van der Waals surface area contributed by atoms with E-state index in [1.54, 1.807) is 24.3 Å². The lowest BCUT2D eigenvalue weighted by atomic mass is 10.1. The van der Waals surface area contributed by atoms with Gasteiger partial charge in [0.05, 0.1) is 16.3 Å². The average molecular weight is 426 g/mol. The van der Waals surface area contributed by atoms with Gasteiger partial charge in [0.15, 0.2) is 0 Å². The fourth-order valence-corrected chi connectivity index (χ4v) is 4.07. The highest BCUT2D eigenvalue weighted by Crippen LogP contribution is 2.14. The molecule has 2 aromatic rings. The lowest BCUT2D eigenvalue weighted by Gasteiger charge is -2.17.